The molecule has 0 aromatic heterocycles. The Bertz CT molecular complexity index is 406. The summed E-state index contributed by atoms with van der Waals surface area (Å²) in [5.74, 6) is 0. The second-order valence-electron chi connectivity index (χ2n) is 5.79. The third-order valence-electron chi connectivity index (χ3n) is 4.41. The van der Waals surface area contributed by atoms with Crippen molar-refractivity contribution in [2.75, 3.05) is 26.2 Å². The zero-order valence-electron chi connectivity index (χ0n) is 12.9. The summed E-state index contributed by atoms with van der Waals surface area (Å²) in [5, 5.41) is 13.6. The molecule has 0 bridgehead atoms. The van der Waals surface area contributed by atoms with Crippen molar-refractivity contribution in [1.29, 1.82) is 0 Å². The largest absolute Gasteiger partial charge is 0.395 e. The first-order valence-corrected chi connectivity index (χ1v) is 8.46. The van der Waals surface area contributed by atoms with Crippen LogP contribution < -0.4 is 5.32 Å². The first-order chi connectivity index (χ1) is 10.2. The zero-order chi connectivity index (χ0) is 15.1. The molecule has 0 saturated heterocycles. The van der Waals surface area contributed by atoms with E-state index in [9.17, 15) is 5.11 Å². The number of nitrogens with one attached hydrogen (secondary N) is 1. The molecule has 1 aliphatic carbocycles. The number of aliphatic hydroxyl groups excluding tert-OH is 1. The summed E-state index contributed by atoms with van der Waals surface area (Å²) in [4.78, 5) is 2.45. The summed E-state index contributed by atoms with van der Waals surface area (Å²) in [5.41, 5.74) is 1.29. The van der Waals surface area contributed by atoms with Gasteiger partial charge < -0.3 is 10.4 Å². The average molecular weight is 311 g/mol. The van der Waals surface area contributed by atoms with Gasteiger partial charge in [0, 0.05) is 30.2 Å². The molecule has 0 spiro atoms. The Morgan fingerprint density at radius 2 is 2.00 bits per heavy atom. The van der Waals surface area contributed by atoms with Gasteiger partial charge in [-0.2, -0.15) is 0 Å². The van der Waals surface area contributed by atoms with Gasteiger partial charge in [0.25, 0.3) is 0 Å². The molecule has 118 valence electrons. The van der Waals surface area contributed by atoms with Crippen LogP contribution >= 0.6 is 11.6 Å². The molecule has 4 heteroatoms. The van der Waals surface area contributed by atoms with E-state index in [1.807, 2.05) is 12.1 Å². The Morgan fingerprint density at radius 1 is 1.29 bits per heavy atom. The van der Waals surface area contributed by atoms with E-state index in [1.165, 1.54) is 24.8 Å². The van der Waals surface area contributed by atoms with Gasteiger partial charge in [-0.3, -0.25) is 4.90 Å². The molecule has 3 nitrogen and oxygen atoms in total. The fraction of sp³-hybridized carbons (Fsp3) is 0.647. The van der Waals surface area contributed by atoms with E-state index in [-0.39, 0.29) is 6.61 Å². The van der Waals surface area contributed by atoms with Gasteiger partial charge >= 0.3 is 0 Å². The summed E-state index contributed by atoms with van der Waals surface area (Å²) in [6.07, 6.45) is 4.96. The van der Waals surface area contributed by atoms with Crippen LogP contribution in [0.15, 0.2) is 24.3 Å². The van der Waals surface area contributed by atoms with Gasteiger partial charge in [-0.25, -0.2) is 0 Å². The van der Waals surface area contributed by atoms with Crippen molar-refractivity contribution in [3.63, 3.8) is 0 Å². The van der Waals surface area contributed by atoms with E-state index < -0.39 is 0 Å². The smallest absolute Gasteiger partial charge is 0.0558 e. The molecule has 0 radical (unpaired) electrons. The molecule has 1 aliphatic rings. The molecule has 1 fully saturated rings. The van der Waals surface area contributed by atoms with Crippen molar-refractivity contribution in [1.82, 2.24) is 10.2 Å². The Kier molecular flexibility index (Phi) is 6.97. The molecule has 0 aliphatic heterocycles. The minimum Gasteiger partial charge on any atom is -0.395 e. The number of benzene rings is 1. The molecule has 1 unspecified atom stereocenters. The summed E-state index contributed by atoms with van der Waals surface area (Å²) < 4.78 is 0. The lowest BCUT2D eigenvalue weighted by molar-refractivity contribution is 0.0969. The third-order valence-corrected chi connectivity index (χ3v) is 4.66. The maximum atomic E-state index is 9.25. The Labute approximate surface area is 133 Å². The zero-order valence-corrected chi connectivity index (χ0v) is 13.6. The number of nitrogens with zero attached hydrogens (tertiary/aromatic N) is 1. The van der Waals surface area contributed by atoms with Gasteiger partial charge in [0.15, 0.2) is 0 Å². The van der Waals surface area contributed by atoms with Gasteiger partial charge in [0.1, 0.15) is 0 Å². The molecule has 1 aromatic rings. The van der Waals surface area contributed by atoms with E-state index in [2.05, 4.69) is 29.3 Å². The number of rotatable bonds is 9. The van der Waals surface area contributed by atoms with Crippen LogP contribution in [0.4, 0.5) is 0 Å². The van der Waals surface area contributed by atoms with Gasteiger partial charge in [0.05, 0.1) is 6.61 Å². The fourth-order valence-corrected chi connectivity index (χ4v) is 3.11. The molecule has 21 heavy (non-hydrogen) atoms. The van der Waals surface area contributed by atoms with Crippen molar-refractivity contribution >= 4 is 11.6 Å². The first kappa shape index (κ1) is 16.8. The molecule has 1 saturated carbocycles. The number of hydrogen-bond acceptors (Lipinski definition) is 3. The van der Waals surface area contributed by atoms with Crippen LogP contribution in [0.1, 0.15) is 44.2 Å². The normalized spacial score (nSPS) is 17.0. The minimum atomic E-state index is 0.253. The number of hydrogen-bond donors (Lipinski definition) is 2. The van der Waals surface area contributed by atoms with Crippen molar-refractivity contribution < 1.29 is 5.11 Å². The molecular weight excluding hydrogens is 284 g/mol. The summed E-state index contributed by atoms with van der Waals surface area (Å²) in [6, 6.07) is 9.17. The Balaban J connectivity index is 1.93. The van der Waals surface area contributed by atoms with Crippen LogP contribution in [-0.4, -0.2) is 42.3 Å². The highest BCUT2D eigenvalue weighted by molar-refractivity contribution is 6.30. The molecule has 2 rings (SSSR count). The third kappa shape index (κ3) is 4.96. The number of halogens is 1. The Morgan fingerprint density at radius 3 is 2.52 bits per heavy atom. The topological polar surface area (TPSA) is 35.5 Å². The standard InChI is InChI=1S/C17H27ClN2O/c1-2-19-17(14-6-8-15(18)9-7-14)10-11-20(12-13-21)16-4-3-5-16/h6-9,16-17,19,21H,2-5,10-13H2,1H3. The fourth-order valence-electron chi connectivity index (χ4n) is 2.98. The lowest BCUT2D eigenvalue weighted by Crippen LogP contribution is -2.43. The molecular formula is C17H27ClN2O. The molecule has 0 amide bonds. The maximum Gasteiger partial charge on any atom is 0.0558 e. The van der Waals surface area contributed by atoms with Crippen LogP contribution in [0, 0.1) is 0 Å². The monoisotopic (exact) mass is 310 g/mol. The maximum absolute atomic E-state index is 9.25. The van der Waals surface area contributed by atoms with Gasteiger partial charge in [-0.1, -0.05) is 37.1 Å². The highest BCUT2D eigenvalue weighted by atomic mass is 35.5. The van der Waals surface area contributed by atoms with Gasteiger partial charge in [0.2, 0.25) is 0 Å². The highest BCUT2D eigenvalue weighted by Crippen LogP contribution is 2.26. The quantitative estimate of drug-likeness (QED) is 0.735. The number of aliphatic hydroxyl groups is 1. The summed E-state index contributed by atoms with van der Waals surface area (Å²) in [6.45, 7) is 5.18. The molecule has 1 atom stereocenters. The lowest BCUT2D eigenvalue weighted by Gasteiger charge is -2.38. The summed E-state index contributed by atoms with van der Waals surface area (Å²) in [7, 11) is 0. The van der Waals surface area contributed by atoms with Crippen LogP contribution in [-0.2, 0) is 0 Å². The summed E-state index contributed by atoms with van der Waals surface area (Å²) >= 11 is 5.97. The van der Waals surface area contributed by atoms with Crippen molar-refractivity contribution in [2.24, 2.45) is 0 Å². The first-order valence-electron chi connectivity index (χ1n) is 8.08. The van der Waals surface area contributed by atoms with E-state index >= 15 is 0 Å². The second-order valence-corrected chi connectivity index (χ2v) is 6.23. The molecule has 0 heterocycles. The van der Waals surface area contributed by atoms with Crippen molar-refractivity contribution in [2.45, 2.75) is 44.7 Å². The van der Waals surface area contributed by atoms with E-state index in [1.54, 1.807) is 0 Å². The van der Waals surface area contributed by atoms with Crippen LogP contribution in [0.2, 0.25) is 5.02 Å². The second kappa shape index (κ2) is 8.74. The van der Waals surface area contributed by atoms with Gasteiger partial charge in [-0.15, -0.1) is 0 Å². The van der Waals surface area contributed by atoms with Crippen molar-refractivity contribution in [3.05, 3.63) is 34.9 Å². The predicted molar refractivity (Wildman–Crippen MR) is 88.8 cm³/mol. The predicted octanol–water partition coefficient (Wildman–Crippen LogP) is 3.23. The van der Waals surface area contributed by atoms with Crippen LogP contribution in [0.25, 0.3) is 0 Å². The lowest BCUT2D eigenvalue weighted by atomic mass is 9.91. The minimum absolute atomic E-state index is 0.253. The SMILES string of the molecule is CCNC(CCN(CCO)C1CCC1)c1ccc(Cl)cc1. The Hall–Kier alpha value is -0.610. The van der Waals surface area contributed by atoms with Crippen molar-refractivity contribution in [3.8, 4) is 0 Å². The molecule has 1 aromatic carbocycles. The highest BCUT2D eigenvalue weighted by Gasteiger charge is 2.25. The average Bonchev–Trinajstić information content (AvgIpc) is 2.42. The molecule has 2 N–H and O–H groups in total. The van der Waals surface area contributed by atoms with Gasteiger partial charge in [-0.05, 0) is 43.5 Å². The van der Waals surface area contributed by atoms with Crippen LogP contribution in [0.5, 0.6) is 0 Å². The van der Waals surface area contributed by atoms with E-state index in [4.69, 9.17) is 11.6 Å². The van der Waals surface area contributed by atoms with E-state index in [0.717, 1.165) is 31.1 Å². The van der Waals surface area contributed by atoms with Crippen LogP contribution in [0.3, 0.4) is 0 Å². The van der Waals surface area contributed by atoms with E-state index in [0.29, 0.717) is 12.1 Å².